The molecule has 2 N–H and O–H groups in total. The number of halogens is 1. The third-order valence-electron chi connectivity index (χ3n) is 2.51. The Morgan fingerprint density at radius 1 is 1.07 bits per heavy atom. The van der Waals surface area contributed by atoms with E-state index in [2.05, 4.69) is 0 Å². The van der Waals surface area contributed by atoms with E-state index < -0.39 is 0 Å². The van der Waals surface area contributed by atoms with Gasteiger partial charge in [-0.05, 0) is 44.2 Å². The predicted molar refractivity (Wildman–Crippen MR) is 59.6 cm³/mol. The van der Waals surface area contributed by atoms with Crippen molar-refractivity contribution < 1.29 is 4.39 Å². The Bertz CT molecular complexity index is 481. The molecule has 0 aliphatic carbocycles. The second-order valence-corrected chi connectivity index (χ2v) is 3.66. The first-order valence-electron chi connectivity index (χ1n) is 4.80. The molecule has 0 amide bonds. The normalized spacial score (nSPS) is 10.6. The zero-order chi connectivity index (χ0) is 11.0. The quantitative estimate of drug-likeness (QED) is 0.711. The lowest BCUT2D eigenvalue weighted by molar-refractivity contribution is 0.632. The van der Waals surface area contributed by atoms with Gasteiger partial charge in [-0.15, -0.1) is 0 Å². The highest BCUT2D eigenvalue weighted by Gasteiger charge is 2.05. The van der Waals surface area contributed by atoms with Crippen LogP contribution in [0.2, 0.25) is 0 Å². The van der Waals surface area contributed by atoms with Gasteiger partial charge in [-0.3, -0.25) is 0 Å². The lowest BCUT2D eigenvalue weighted by atomic mass is 10.2. The molecule has 15 heavy (non-hydrogen) atoms. The first kappa shape index (κ1) is 9.77. The molecule has 0 aliphatic heterocycles. The van der Waals surface area contributed by atoms with Crippen molar-refractivity contribution in [1.82, 2.24) is 4.57 Å². The molecule has 0 atom stereocenters. The Balaban J connectivity index is 2.59. The predicted octanol–water partition coefficient (Wildman–Crippen LogP) is 2.82. The second-order valence-electron chi connectivity index (χ2n) is 3.66. The summed E-state index contributed by atoms with van der Waals surface area (Å²) in [5.74, 6) is -0.374. The van der Waals surface area contributed by atoms with Crippen molar-refractivity contribution in [3.8, 4) is 5.69 Å². The summed E-state index contributed by atoms with van der Waals surface area (Å²) in [6.45, 7) is 4.01. The Labute approximate surface area is 88.1 Å². The van der Waals surface area contributed by atoms with E-state index in [4.69, 9.17) is 5.73 Å². The summed E-state index contributed by atoms with van der Waals surface area (Å²) >= 11 is 0. The zero-order valence-electron chi connectivity index (χ0n) is 8.79. The number of aromatic nitrogens is 1. The van der Waals surface area contributed by atoms with Gasteiger partial charge in [-0.25, -0.2) is 4.39 Å². The average Bonchev–Trinajstić information content (AvgIpc) is 2.52. The number of nitrogens with two attached hydrogens (primary N) is 1. The minimum absolute atomic E-state index is 0.181. The minimum Gasteiger partial charge on any atom is -0.396 e. The van der Waals surface area contributed by atoms with E-state index in [-0.39, 0.29) is 11.5 Å². The number of nitrogen functional groups attached to an aromatic ring is 1. The molecule has 0 bridgehead atoms. The molecule has 2 nitrogen and oxygen atoms in total. The minimum atomic E-state index is -0.374. The summed E-state index contributed by atoms with van der Waals surface area (Å²) in [5, 5.41) is 0. The second kappa shape index (κ2) is 3.42. The lowest BCUT2D eigenvalue weighted by Gasteiger charge is -2.10. The Morgan fingerprint density at radius 2 is 1.67 bits per heavy atom. The molecule has 2 aromatic rings. The summed E-state index contributed by atoms with van der Waals surface area (Å²) in [5.41, 5.74) is 8.84. The van der Waals surface area contributed by atoms with Crippen LogP contribution in [0, 0.1) is 19.7 Å². The summed E-state index contributed by atoms with van der Waals surface area (Å²) in [6.07, 6.45) is 0. The van der Waals surface area contributed by atoms with Gasteiger partial charge in [-0.2, -0.15) is 0 Å². The summed E-state index contributed by atoms with van der Waals surface area (Å²) in [7, 11) is 0. The SMILES string of the molecule is Cc1ccc(C)n1-c1ccc(F)c(N)c1. The fraction of sp³-hybridized carbons (Fsp3) is 0.167. The van der Waals surface area contributed by atoms with Gasteiger partial charge >= 0.3 is 0 Å². The smallest absolute Gasteiger partial charge is 0.146 e. The first-order valence-corrected chi connectivity index (χ1v) is 4.80. The van der Waals surface area contributed by atoms with Crippen molar-refractivity contribution in [3.63, 3.8) is 0 Å². The Hall–Kier alpha value is -1.77. The molecule has 1 aromatic carbocycles. The van der Waals surface area contributed by atoms with E-state index in [1.165, 1.54) is 6.07 Å². The Morgan fingerprint density at radius 3 is 2.20 bits per heavy atom. The van der Waals surface area contributed by atoms with E-state index in [0.29, 0.717) is 0 Å². The van der Waals surface area contributed by atoms with Crippen molar-refractivity contribution in [3.05, 3.63) is 47.5 Å². The molecular weight excluding hydrogens is 191 g/mol. The van der Waals surface area contributed by atoms with Gasteiger partial charge in [-0.1, -0.05) is 0 Å². The van der Waals surface area contributed by atoms with Gasteiger partial charge < -0.3 is 10.3 Å². The van der Waals surface area contributed by atoms with Gasteiger partial charge in [0.05, 0.1) is 5.69 Å². The number of hydrogen-bond acceptors (Lipinski definition) is 1. The molecule has 0 unspecified atom stereocenters. The molecule has 0 fully saturated rings. The highest BCUT2D eigenvalue weighted by molar-refractivity contribution is 5.50. The van der Waals surface area contributed by atoms with Crippen LogP contribution in [0.15, 0.2) is 30.3 Å². The van der Waals surface area contributed by atoms with Crippen molar-refractivity contribution in [2.24, 2.45) is 0 Å². The van der Waals surface area contributed by atoms with Crippen LogP contribution in [0.3, 0.4) is 0 Å². The van der Waals surface area contributed by atoms with Crippen LogP contribution in [-0.2, 0) is 0 Å². The molecule has 0 aliphatic rings. The first-order chi connectivity index (χ1) is 7.09. The average molecular weight is 204 g/mol. The van der Waals surface area contributed by atoms with Crippen LogP contribution >= 0.6 is 0 Å². The van der Waals surface area contributed by atoms with E-state index in [0.717, 1.165) is 17.1 Å². The number of rotatable bonds is 1. The molecule has 1 aromatic heterocycles. The van der Waals surface area contributed by atoms with Crippen molar-refractivity contribution in [2.75, 3.05) is 5.73 Å². The van der Waals surface area contributed by atoms with E-state index in [1.54, 1.807) is 12.1 Å². The molecule has 0 saturated carbocycles. The van der Waals surface area contributed by atoms with Gasteiger partial charge in [0, 0.05) is 17.1 Å². The maximum Gasteiger partial charge on any atom is 0.146 e. The zero-order valence-corrected chi connectivity index (χ0v) is 8.79. The number of aryl methyl sites for hydroxylation is 2. The molecular formula is C12H13FN2. The molecule has 2 rings (SSSR count). The number of anilines is 1. The van der Waals surface area contributed by atoms with Crippen LogP contribution in [0.25, 0.3) is 5.69 Å². The third-order valence-corrected chi connectivity index (χ3v) is 2.51. The van der Waals surface area contributed by atoms with E-state index in [9.17, 15) is 4.39 Å². The topological polar surface area (TPSA) is 30.9 Å². The molecule has 0 spiro atoms. The number of hydrogen-bond donors (Lipinski definition) is 1. The maximum atomic E-state index is 13.0. The summed E-state index contributed by atoms with van der Waals surface area (Å²) < 4.78 is 15.0. The van der Waals surface area contributed by atoms with Crippen molar-refractivity contribution in [2.45, 2.75) is 13.8 Å². The maximum absolute atomic E-state index is 13.0. The monoisotopic (exact) mass is 204 g/mol. The van der Waals surface area contributed by atoms with Crippen molar-refractivity contribution >= 4 is 5.69 Å². The van der Waals surface area contributed by atoms with Crippen LogP contribution in [0.4, 0.5) is 10.1 Å². The molecule has 1 heterocycles. The summed E-state index contributed by atoms with van der Waals surface area (Å²) in [4.78, 5) is 0. The molecule has 78 valence electrons. The fourth-order valence-corrected chi connectivity index (χ4v) is 1.75. The van der Waals surface area contributed by atoms with Crippen LogP contribution in [-0.4, -0.2) is 4.57 Å². The number of benzene rings is 1. The largest absolute Gasteiger partial charge is 0.396 e. The third kappa shape index (κ3) is 1.61. The van der Waals surface area contributed by atoms with Crippen LogP contribution in [0.5, 0.6) is 0 Å². The number of nitrogens with zero attached hydrogens (tertiary/aromatic N) is 1. The van der Waals surface area contributed by atoms with Gasteiger partial charge in [0.1, 0.15) is 5.82 Å². The standard InChI is InChI=1S/C12H13FN2/c1-8-3-4-9(2)15(8)10-5-6-11(13)12(14)7-10/h3-7H,14H2,1-2H3. The molecule has 3 heteroatoms. The van der Waals surface area contributed by atoms with Crippen molar-refractivity contribution in [1.29, 1.82) is 0 Å². The Kier molecular flexibility index (Phi) is 2.23. The van der Waals surface area contributed by atoms with Gasteiger partial charge in [0.15, 0.2) is 0 Å². The fourth-order valence-electron chi connectivity index (χ4n) is 1.75. The van der Waals surface area contributed by atoms with Gasteiger partial charge in [0.2, 0.25) is 0 Å². The highest BCUT2D eigenvalue weighted by atomic mass is 19.1. The molecule has 0 radical (unpaired) electrons. The van der Waals surface area contributed by atoms with Gasteiger partial charge in [0.25, 0.3) is 0 Å². The van der Waals surface area contributed by atoms with Crippen LogP contribution in [0.1, 0.15) is 11.4 Å². The summed E-state index contributed by atoms with van der Waals surface area (Å²) in [6, 6.07) is 8.81. The van der Waals surface area contributed by atoms with E-state index in [1.807, 2.05) is 30.5 Å². The molecule has 0 saturated heterocycles. The van der Waals surface area contributed by atoms with Crippen LogP contribution < -0.4 is 5.73 Å². The van der Waals surface area contributed by atoms with E-state index >= 15 is 0 Å². The lowest BCUT2D eigenvalue weighted by Crippen LogP contribution is -2.00. The highest BCUT2D eigenvalue weighted by Crippen LogP contribution is 2.20.